The van der Waals surface area contributed by atoms with E-state index in [2.05, 4.69) is 235 Å². The van der Waals surface area contributed by atoms with Crippen molar-refractivity contribution in [2.24, 2.45) is 0 Å². The minimum Gasteiger partial charge on any atom is -0.310 e. The molecule has 0 bridgehead atoms. The molecular weight excluding hydrogens is 725 g/mol. The van der Waals surface area contributed by atoms with E-state index < -0.39 is 0 Å². The molecule has 60 heavy (non-hydrogen) atoms. The van der Waals surface area contributed by atoms with Gasteiger partial charge in [-0.1, -0.05) is 111 Å². The highest BCUT2D eigenvalue weighted by molar-refractivity contribution is 5.85. The highest BCUT2D eigenvalue weighted by Gasteiger charge is 2.19. The quantitative estimate of drug-likeness (QED) is 0.129. The Balaban J connectivity index is 1.13. The number of hydrogen-bond donors (Lipinski definition) is 0. The third-order valence-electron chi connectivity index (χ3n) is 12.3. The molecule has 298 valence electrons. The van der Waals surface area contributed by atoms with E-state index in [9.17, 15) is 0 Å². The summed E-state index contributed by atoms with van der Waals surface area (Å²) in [6, 6.07) is 63.3. The van der Waals surface area contributed by atoms with E-state index in [0.29, 0.717) is 0 Å². The molecule has 0 atom stereocenters. The molecule has 8 rings (SSSR count). The molecule has 0 aromatic heterocycles. The lowest BCUT2D eigenvalue weighted by molar-refractivity contribution is 1.14. The lowest BCUT2D eigenvalue weighted by Crippen LogP contribution is -2.12. The molecule has 0 aliphatic carbocycles. The smallest absolute Gasteiger partial charge is 0.0491 e. The first kappa shape index (κ1) is 40.2. The molecule has 0 aliphatic heterocycles. The number of benzene rings is 8. The molecule has 0 unspecified atom stereocenters. The number of hydrogen-bond acceptors (Lipinski definition) is 2. The first-order valence-electron chi connectivity index (χ1n) is 21.5. The van der Waals surface area contributed by atoms with Crippen LogP contribution in [0.2, 0.25) is 0 Å². The predicted octanol–water partition coefficient (Wildman–Crippen LogP) is 16.6. The number of anilines is 6. The van der Waals surface area contributed by atoms with Crippen LogP contribution in [0.1, 0.15) is 58.4 Å². The monoisotopic (exact) mass is 780 g/mol. The lowest BCUT2D eigenvalue weighted by atomic mass is 9.97. The number of rotatable bonds is 11. The largest absolute Gasteiger partial charge is 0.310 e. The first-order chi connectivity index (χ1) is 29.1. The molecule has 0 amide bonds. The van der Waals surface area contributed by atoms with Gasteiger partial charge in [-0.15, -0.1) is 0 Å². The second-order valence-electron chi connectivity index (χ2n) is 16.4. The summed E-state index contributed by atoms with van der Waals surface area (Å²) in [5.74, 6) is 0. The summed E-state index contributed by atoms with van der Waals surface area (Å²) in [5.41, 5.74) is 24.5. The Morgan fingerprint density at radius 2 is 0.567 bits per heavy atom. The minimum atomic E-state index is 1.05. The molecule has 0 spiro atoms. The van der Waals surface area contributed by atoms with Gasteiger partial charge in [0, 0.05) is 34.1 Å². The average molecular weight is 781 g/mol. The summed E-state index contributed by atoms with van der Waals surface area (Å²) in [6.07, 6.45) is 2.09. The van der Waals surface area contributed by atoms with Crippen LogP contribution in [0.5, 0.6) is 0 Å². The van der Waals surface area contributed by atoms with Crippen LogP contribution in [0.25, 0.3) is 33.4 Å². The zero-order valence-corrected chi connectivity index (χ0v) is 36.5. The van der Waals surface area contributed by atoms with E-state index in [1.54, 1.807) is 0 Å². The first-order valence-corrected chi connectivity index (χ1v) is 21.5. The molecule has 8 aromatic rings. The van der Waals surface area contributed by atoms with Gasteiger partial charge in [-0.25, -0.2) is 0 Å². The van der Waals surface area contributed by atoms with Crippen LogP contribution >= 0.6 is 0 Å². The maximum atomic E-state index is 2.40. The van der Waals surface area contributed by atoms with E-state index in [4.69, 9.17) is 0 Å². The van der Waals surface area contributed by atoms with Gasteiger partial charge in [-0.3, -0.25) is 0 Å². The average Bonchev–Trinajstić information content (AvgIpc) is 3.28. The van der Waals surface area contributed by atoms with Crippen LogP contribution in [0.15, 0.2) is 170 Å². The van der Waals surface area contributed by atoms with Gasteiger partial charge in [-0.2, -0.15) is 0 Å². The predicted molar refractivity (Wildman–Crippen MR) is 259 cm³/mol. The maximum Gasteiger partial charge on any atom is 0.0491 e. The normalized spacial score (nSPS) is 11.1. The summed E-state index contributed by atoms with van der Waals surface area (Å²) in [7, 11) is 0. The third kappa shape index (κ3) is 8.29. The van der Waals surface area contributed by atoms with Gasteiger partial charge in [0.25, 0.3) is 0 Å². The van der Waals surface area contributed by atoms with E-state index in [1.807, 2.05) is 0 Å². The lowest BCUT2D eigenvalue weighted by Gasteiger charge is -2.29. The topological polar surface area (TPSA) is 6.48 Å². The summed E-state index contributed by atoms with van der Waals surface area (Å²) in [5, 5.41) is 0. The maximum absolute atomic E-state index is 2.40. The van der Waals surface area contributed by atoms with Gasteiger partial charge < -0.3 is 9.80 Å². The van der Waals surface area contributed by atoms with Crippen molar-refractivity contribution in [3.63, 3.8) is 0 Å². The second-order valence-corrected chi connectivity index (χ2v) is 16.4. The Hall–Kier alpha value is -6.64. The van der Waals surface area contributed by atoms with E-state index in [1.165, 1.54) is 89.3 Å². The van der Waals surface area contributed by atoms with Crippen LogP contribution in [0.4, 0.5) is 34.1 Å². The Kier molecular flexibility index (Phi) is 11.6. The van der Waals surface area contributed by atoms with Gasteiger partial charge in [0.05, 0.1) is 0 Å². The van der Waals surface area contributed by atoms with Crippen LogP contribution < -0.4 is 9.80 Å². The highest BCUT2D eigenvalue weighted by atomic mass is 15.1. The van der Waals surface area contributed by atoms with Crippen LogP contribution in [0, 0.1) is 41.5 Å². The minimum absolute atomic E-state index is 1.05. The van der Waals surface area contributed by atoms with E-state index >= 15 is 0 Å². The third-order valence-corrected chi connectivity index (χ3v) is 12.3. The molecular formula is C58H56N2. The van der Waals surface area contributed by atoms with Crippen LogP contribution in [-0.4, -0.2) is 0 Å². The van der Waals surface area contributed by atoms with Crippen molar-refractivity contribution in [3.8, 4) is 33.4 Å². The molecule has 0 saturated carbocycles. The summed E-state index contributed by atoms with van der Waals surface area (Å²) >= 11 is 0. The molecule has 0 saturated heterocycles. The SMILES string of the molecule is CCc1ccc(-c2ccc(N(c3ccc(C)c(C)c3)c3ccc(-c4ccc(N(c5ccc(-c6ccc(CC)cc6)cc5)c5ccc(C)c(C)c5)c(C)c4)cc3C)cc2)cc1. The Morgan fingerprint density at radius 3 is 0.867 bits per heavy atom. The standard InChI is InChI=1S/C58H56N2/c1-9-45-13-17-47(18-14-45)49-21-29-53(30-22-49)59(55-27-11-39(3)41(5)37-55)57-33-25-51(35-43(57)7)52-26-34-58(44(8)36-52)60(56-28-12-40(4)42(6)38-56)54-31-23-50(24-32-54)48-19-15-46(10-2)16-20-48/h11-38H,9-10H2,1-8H3. The molecule has 8 aromatic carbocycles. The number of aryl methyl sites for hydroxylation is 8. The Morgan fingerprint density at radius 1 is 0.267 bits per heavy atom. The van der Waals surface area contributed by atoms with Crippen molar-refractivity contribution in [2.75, 3.05) is 9.80 Å². The summed E-state index contributed by atoms with van der Waals surface area (Å²) in [6.45, 7) is 17.6. The van der Waals surface area contributed by atoms with Gasteiger partial charge in [0.2, 0.25) is 0 Å². The van der Waals surface area contributed by atoms with Crippen molar-refractivity contribution in [2.45, 2.75) is 68.2 Å². The van der Waals surface area contributed by atoms with Crippen molar-refractivity contribution >= 4 is 34.1 Å². The number of nitrogens with zero attached hydrogens (tertiary/aromatic N) is 2. The van der Waals surface area contributed by atoms with Crippen molar-refractivity contribution < 1.29 is 0 Å². The van der Waals surface area contributed by atoms with Gasteiger partial charge >= 0.3 is 0 Å². The van der Waals surface area contributed by atoms with Crippen LogP contribution in [-0.2, 0) is 12.8 Å². The zero-order valence-electron chi connectivity index (χ0n) is 36.5. The zero-order chi connectivity index (χ0) is 41.9. The molecule has 2 nitrogen and oxygen atoms in total. The molecule has 0 N–H and O–H groups in total. The Bertz CT molecular complexity index is 2560. The summed E-state index contributed by atoms with van der Waals surface area (Å²) < 4.78 is 0. The van der Waals surface area contributed by atoms with Crippen molar-refractivity contribution in [1.29, 1.82) is 0 Å². The fraction of sp³-hybridized carbons (Fsp3) is 0.172. The second kappa shape index (κ2) is 17.3. The van der Waals surface area contributed by atoms with Gasteiger partial charge in [-0.05, 0) is 205 Å². The van der Waals surface area contributed by atoms with Gasteiger partial charge in [0.1, 0.15) is 0 Å². The van der Waals surface area contributed by atoms with Crippen molar-refractivity contribution in [1.82, 2.24) is 0 Å². The van der Waals surface area contributed by atoms with E-state index in [0.717, 1.165) is 35.6 Å². The molecule has 0 radical (unpaired) electrons. The molecule has 0 fully saturated rings. The van der Waals surface area contributed by atoms with Gasteiger partial charge in [0.15, 0.2) is 0 Å². The molecule has 0 aliphatic rings. The van der Waals surface area contributed by atoms with Crippen molar-refractivity contribution in [3.05, 3.63) is 214 Å². The summed E-state index contributed by atoms with van der Waals surface area (Å²) in [4.78, 5) is 4.80. The van der Waals surface area contributed by atoms with E-state index in [-0.39, 0.29) is 0 Å². The fourth-order valence-corrected chi connectivity index (χ4v) is 8.23. The Labute approximate surface area is 358 Å². The fourth-order valence-electron chi connectivity index (χ4n) is 8.23. The highest BCUT2D eigenvalue weighted by Crippen LogP contribution is 2.42. The van der Waals surface area contributed by atoms with Crippen LogP contribution in [0.3, 0.4) is 0 Å². The molecule has 2 heteroatoms. The molecule has 0 heterocycles.